The van der Waals surface area contributed by atoms with Crippen LogP contribution >= 0.6 is 0 Å². The third kappa shape index (κ3) is 3.76. The van der Waals surface area contributed by atoms with Crippen molar-refractivity contribution in [1.29, 1.82) is 0 Å². The molecule has 2 nitrogen and oxygen atoms in total. The summed E-state index contributed by atoms with van der Waals surface area (Å²) in [6.07, 6.45) is 8.92. The first kappa shape index (κ1) is 11.4. The van der Waals surface area contributed by atoms with Crippen LogP contribution in [0.15, 0.2) is 0 Å². The maximum absolute atomic E-state index is 3.51. The van der Waals surface area contributed by atoms with Gasteiger partial charge in [0.2, 0.25) is 0 Å². The van der Waals surface area contributed by atoms with Crippen molar-refractivity contribution in [3.63, 3.8) is 0 Å². The van der Waals surface area contributed by atoms with E-state index in [1.807, 2.05) is 0 Å². The number of rotatable bonds is 3. The summed E-state index contributed by atoms with van der Waals surface area (Å²) in [7, 11) is 0. The summed E-state index contributed by atoms with van der Waals surface area (Å²) < 4.78 is 0. The quantitative estimate of drug-likeness (QED) is 0.768. The molecule has 0 aromatic heterocycles. The first-order valence-corrected chi connectivity index (χ1v) is 6.80. The molecule has 0 radical (unpaired) electrons. The lowest BCUT2D eigenvalue weighted by molar-refractivity contribution is 0.185. The molecule has 2 fully saturated rings. The molecule has 1 N–H and O–H groups in total. The highest BCUT2D eigenvalue weighted by molar-refractivity contribution is 4.76. The van der Waals surface area contributed by atoms with Crippen LogP contribution in [0.3, 0.4) is 0 Å². The Balaban J connectivity index is 1.63. The van der Waals surface area contributed by atoms with E-state index in [0.717, 1.165) is 5.92 Å². The van der Waals surface area contributed by atoms with Gasteiger partial charge in [-0.15, -0.1) is 0 Å². The molecule has 1 atom stereocenters. The van der Waals surface area contributed by atoms with E-state index in [1.54, 1.807) is 0 Å². The number of hydrogen-bond donors (Lipinski definition) is 1. The van der Waals surface area contributed by atoms with Crippen molar-refractivity contribution in [2.45, 2.75) is 51.5 Å². The van der Waals surface area contributed by atoms with Gasteiger partial charge >= 0.3 is 0 Å². The molecule has 2 heteroatoms. The second kappa shape index (κ2) is 5.86. The van der Waals surface area contributed by atoms with Crippen LogP contribution in [0.25, 0.3) is 0 Å². The molecule has 1 aliphatic carbocycles. The highest BCUT2D eigenvalue weighted by Crippen LogP contribution is 2.26. The van der Waals surface area contributed by atoms with Crippen LogP contribution in [-0.4, -0.2) is 37.1 Å². The van der Waals surface area contributed by atoms with Gasteiger partial charge in [-0.25, -0.2) is 0 Å². The van der Waals surface area contributed by atoms with Gasteiger partial charge in [-0.05, 0) is 25.8 Å². The molecular formula is C13H26N2. The standard InChI is InChI=1S/C13H26N2/c1-12-11-15(10-8-14-12)9-7-13-5-3-2-4-6-13/h12-14H,2-11H2,1H3. The molecule has 0 amide bonds. The summed E-state index contributed by atoms with van der Waals surface area (Å²) in [5, 5.41) is 3.51. The van der Waals surface area contributed by atoms with Gasteiger partial charge in [-0.3, -0.25) is 0 Å². The van der Waals surface area contributed by atoms with Crippen molar-refractivity contribution in [2.75, 3.05) is 26.2 Å². The second-order valence-electron chi connectivity index (χ2n) is 5.45. The molecule has 1 heterocycles. The van der Waals surface area contributed by atoms with Crippen molar-refractivity contribution >= 4 is 0 Å². The molecule has 1 saturated carbocycles. The van der Waals surface area contributed by atoms with Gasteiger partial charge in [0, 0.05) is 25.7 Å². The molecule has 1 saturated heterocycles. The Morgan fingerprint density at radius 1 is 1.20 bits per heavy atom. The van der Waals surface area contributed by atoms with E-state index in [0.29, 0.717) is 6.04 Å². The van der Waals surface area contributed by atoms with Gasteiger partial charge in [-0.2, -0.15) is 0 Å². The van der Waals surface area contributed by atoms with Gasteiger partial charge in [0.05, 0.1) is 0 Å². The van der Waals surface area contributed by atoms with Crippen LogP contribution in [0.2, 0.25) is 0 Å². The van der Waals surface area contributed by atoms with Crippen LogP contribution in [0.1, 0.15) is 45.4 Å². The molecule has 0 aromatic rings. The second-order valence-corrected chi connectivity index (χ2v) is 5.45. The van der Waals surface area contributed by atoms with Crippen LogP contribution < -0.4 is 5.32 Å². The summed E-state index contributed by atoms with van der Waals surface area (Å²) in [6.45, 7) is 7.35. The van der Waals surface area contributed by atoms with Gasteiger partial charge in [0.1, 0.15) is 0 Å². The predicted molar refractivity (Wildman–Crippen MR) is 65.1 cm³/mol. The topological polar surface area (TPSA) is 15.3 Å². The van der Waals surface area contributed by atoms with Crippen LogP contribution in [0, 0.1) is 5.92 Å². The van der Waals surface area contributed by atoms with Gasteiger partial charge in [0.15, 0.2) is 0 Å². The highest BCUT2D eigenvalue weighted by Gasteiger charge is 2.18. The molecule has 2 aliphatic rings. The van der Waals surface area contributed by atoms with Crippen molar-refractivity contribution in [1.82, 2.24) is 10.2 Å². The Morgan fingerprint density at radius 3 is 2.73 bits per heavy atom. The monoisotopic (exact) mass is 210 g/mol. The lowest BCUT2D eigenvalue weighted by Gasteiger charge is -2.33. The normalized spacial score (nSPS) is 30.6. The zero-order chi connectivity index (χ0) is 10.5. The summed E-state index contributed by atoms with van der Waals surface area (Å²) in [5.41, 5.74) is 0. The maximum atomic E-state index is 3.51. The minimum Gasteiger partial charge on any atom is -0.312 e. The van der Waals surface area contributed by atoms with Crippen molar-refractivity contribution < 1.29 is 0 Å². The van der Waals surface area contributed by atoms with Crippen LogP contribution in [0.4, 0.5) is 0 Å². The molecule has 0 aromatic carbocycles. The zero-order valence-electron chi connectivity index (χ0n) is 10.2. The first-order chi connectivity index (χ1) is 7.34. The molecular weight excluding hydrogens is 184 g/mol. The SMILES string of the molecule is CC1CN(CCC2CCCCC2)CCN1. The molecule has 0 bridgehead atoms. The van der Waals surface area contributed by atoms with Crippen molar-refractivity contribution in [2.24, 2.45) is 5.92 Å². The molecule has 1 unspecified atom stereocenters. The first-order valence-electron chi connectivity index (χ1n) is 6.80. The molecule has 2 rings (SSSR count). The Morgan fingerprint density at radius 2 is 2.00 bits per heavy atom. The van der Waals surface area contributed by atoms with Gasteiger partial charge in [-0.1, -0.05) is 32.1 Å². The number of nitrogens with one attached hydrogen (secondary N) is 1. The Kier molecular flexibility index (Phi) is 4.45. The number of piperazine rings is 1. The highest BCUT2D eigenvalue weighted by atomic mass is 15.2. The smallest absolute Gasteiger partial charge is 0.0167 e. The zero-order valence-corrected chi connectivity index (χ0v) is 10.2. The predicted octanol–water partition coefficient (Wildman–Crippen LogP) is 2.25. The summed E-state index contributed by atoms with van der Waals surface area (Å²) in [5.74, 6) is 1.05. The van der Waals surface area contributed by atoms with Gasteiger partial charge < -0.3 is 10.2 Å². The van der Waals surface area contributed by atoms with E-state index in [2.05, 4.69) is 17.1 Å². The van der Waals surface area contributed by atoms with Crippen LogP contribution in [0.5, 0.6) is 0 Å². The van der Waals surface area contributed by atoms with Gasteiger partial charge in [0.25, 0.3) is 0 Å². The van der Waals surface area contributed by atoms with E-state index in [-0.39, 0.29) is 0 Å². The largest absolute Gasteiger partial charge is 0.312 e. The number of hydrogen-bond acceptors (Lipinski definition) is 2. The summed E-state index contributed by atoms with van der Waals surface area (Å²) >= 11 is 0. The third-order valence-corrected chi connectivity index (χ3v) is 4.03. The summed E-state index contributed by atoms with van der Waals surface area (Å²) in [4.78, 5) is 2.65. The minimum atomic E-state index is 0.699. The Bertz CT molecular complexity index is 175. The van der Waals surface area contributed by atoms with Crippen molar-refractivity contribution in [3.8, 4) is 0 Å². The molecule has 15 heavy (non-hydrogen) atoms. The van der Waals surface area contributed by atoms with Crippen LogP contribution in [-0.2, 0) is 0 Å². The van der Waals surface area contributed by atoms with Crippen molar-refractivity contribution in [3.05, 3.63) is 0 Å². The molecule has 0 spiro atoms. The maximum Gasteiger partial charge on any atom is 0.0167 e. The average Bonchev–Trinajstić information content (AvgIpc) is 2.28. The lowest BCUT2D eigenvalue weighted by atomic mass is 9.87. The Hall–Kier alpha value is -0.0800. The minimum absolute atomic E-state index is 0.699. The molecule has 88 valence electrons. The fourth-order valence-electron chi connectivity index (χ4n) is 3.06. The summed E-state index contributed by atoms with van der Waals surface area (Å²) in [6, 6.07) is 0.699. The number of nitrogens with zero attached hydrogens (tertiary/aromatic N) is 1. The average molecular weight is 210 g/mol. The van der Waals surface area contributed by atoms with E-state index in [9.17, 15) is 0 Å². The Labute approximate surface area is 94.4 Å². The lowest BCUT2D eigenvalue weighted by Crippen LogP contribution is -2.49. The fraction of sp³-hybridized carbons (Fsp3) is 1.00. The third-order valence-electron chi connectivity index (χ3n) is 4.03. The van der Waals surface area contributed by atoms with E-state index >= 15 is 0 Å². The van der Waals surface area contributed by atoms with E-state index in [1.165, 1.54) is 64.7 Å². The van der Waals surface area contributed by atoms with E-state index < -0.39 is 0 Å². The molecule has 1 aliphatic heterocycles. The van der Waals surface area contributed by atoms with E-state index in [4.69, 9.17) is 0 Å². The fourth-order valence-corrected chi connectivity index (χ4v) is 3.06.